The fourth-order valence-corrected chi connectivity index (χ4v) is 4.02. The van der Waals surface area contributed by atoms with E-state index in [1.807, 2.05) is 0 Å². The Morgan fingerprint density at radius 1 is 1.09 bits per heavy atom. The van der Waals surface area contributed by atoms with E-state index in [-0.39, 0.29) is 5.92 Å². The number of aromatic carboxylic acids is 1. The lowest BCUT2D eigenvalue weighted by Crippen LogP contribution is -2.60. The average molecular weight is 498 g/mol. The number of ether oxygens (including phenoxy) is 3. The number of aliphatic hydroxyl groups excluding tert-OH is 3. The second-order valence-electron chi connectivity index (χ2n) is 9.23. The molecule has 6 atom stereocenters. The monoisotopic (exact) mass is 498 g/mol. The van der Waals surface area contributed by atoms with Gasteiger partial charge in [0.15, 0.2) is 11.5 Å². The van der Waals surface area contributed by atoms with Crippen molar-refractivity contribution in [2.24, 2.45) is 5.92 Å². The lowest BCUT2D eigenvalue weighted by atomic mass is 9.79. The molecule has 194 valence electrons. The molecule has 1 aliphatic heterocycles. The van der Waals surface area contributed by atoms with Gasteiger partial charge in [0.2, 0.25) is 12.0 Å². The zero-order valence-electron chi connectivity index (χ0n) is 19.2. The molecule has 2 aliphatic rings. The number of allylic oxidation sites excluding steroid dienone is 1. The Morgan fingerprint density at radius 3 is 2.23 bits per heavy atom. The van der Waals surface area contributed by atoms with E-state index in [1.165, 1.54) is 0 Å². The number of phenols is 2. The minimum Gasteiger partial charge on any atom is -0.504 e. The van der Waals surface area contributed by atoms with Gasteiger partial charge in [-0.25, -0.2) is 9.59 Å². The smallest absolute Gasteiger partial charge is 0.335 e. The molecular formula is C23H30O12. The minimum atomic E-state index is -1.82. The second kappa shape index (κ2) is 10.4. The highest BCUT2D eigenvalue weighted by molar-refractivity contribution is 5.89. The second-order valence-corrected chi connectivity index (χ2v) is 9.23. The van der Waals surface area contributed by atoms with E-state index in [0.717, 1.165) is 12.1 Å². The van der Waals surface area contributed by atoms with Crippen molar-refractivity contribution in [1.29, 1.82) is 0 Å². The third-order valence-electron chi connectivity index (χ3n) is 6.25. The zero-order valence-corrected chi connectivity index (χ0v) is 19.2. The number of hydrogen-bond donors (Lipinski definition) is 7. The van der Waals surface area contributed by atoms with Crippen LogP contribution < -0.4 is 4.74 Å². The molecule has 1 fully saturated rings. The van der Waals surface area contributed by atoms with Crippen molar-refractivity contribution in [3.05, 3.63) is 29.3 Å². The summed E-state index contributed by atoms with van der Waals surface area (Å²) < 4.78 is 15.9. The number of benzene rings is 1. The van der Waals surface area contributed by atoms with E-state index in [1.54, 1.807) is 19.9 Å². The number of carbonyl (C=O) groups excluding carboxylic acids is 1. The first-order chi connectivity index (χ1) is 16.3. The van der Waals surface area contributed by atoms with Crippen molar-refractivity contribution in [3.63, 3.8) is 0 Å². The van der Waals surface area contributed by atoms with Gasteiger partial charge in [0.25, 0.3) is 0 Å². The molecule has 0 aromatic heterocycles. The van der Waals surface area contributed by atoms with Gasteiger partial charge in [0.1, 0.15) is 31.0 Å². The standard InChI is InChI=1S/C23H30O12/c1-23(2,32)12-5-3-10(4-6-12)21(31)33-9-15-16(26)17(27)18(28)22(34-15)35-19-13(24)7-11(20(29)30)8-14(19)25/h3,7-8,12,15-18,22,24-28,32H,4-6,9H2,1-2H3,(H,29,30)/t12-,15+,16-,17+,18+,22+/m1/s1. The van der Waals surface area contributed by atoms with Gasteiger partial charge >= 0.3 is 11.9 Å². The summed E-state index contributed by atoms with van der Waals surface area (Å²) in [7, 11) is 0. The van der Waals surface area contributed by atoms with Gasteiger partial charge < -0.3 is 50.0 Å². The number of phenolic OH excluding ortho intramolecular Hbond substituents is 2. The molecule has 1 saturated heterocycles. The third-order valence-corrected chi connectivity index (χ3v) is 6.25. The maximum atomic E-state index is 12.5. The van der Waals surface area contributed by atoms with Gasteiger partial charge in [0.05, 0.1) is 11.2 Å². The summed E-state index contributed by atoms with van der Waals surface area (Å²) in [4.78, 5) is 23.5. The van der Waals surface area contributed by atoms with Crippen LogP contribution in [0.4, 0.5) is 0 Å². The highest BCUT2D eigenvalue weighted by Gasteiger charge is 2.46. The maximum absolute atomic E-state index is 12.5. The van der Waals surface area contributed by atoms with E-state index in [9.17, 15) is 40.2 Å². The summed E-state index contributed by atoms with van der Waals surface area (Å²) >= 11 is 0. The molecule has 0 spiro atoms. The molecule has 7 N–H and O–H groups in total. The molecule has 12 nitrogen and oxygen atoms in total. The Kier molecular flexibility index (Phi) is 7.92. The lowest BCUT2D eigenvalue weighted by molar-refractivity contribution is -0.278. The Hall–Kier alpha value is -2.90. The summed E-state index contributed by atoms with van der Waals surface area (Å²) in [6, 6.07) is 1.61. The van der Waals surface area contributed by atoms with Crippen LogP contribution in [0.1, 0.15) is 43.5 Å². The van der Waals surface area contributed by atoms with Crippen LogP contribution in [-0.4, -0.2) is 90.6 Å². The molecule has 1 aliphatic carbocycles. The van der Waals surface area contributed by atoms with Crippen molar-refractivity contribution in [1.82, 2.24) is 0 Å². The number of carbonyl (C=O) groups is 2. The van der Waals surface area contributed by atoms with Gasteiger partial charge in [0, 0.05) is 5.57 Å². The first kappa shape index (κ1) is 26.7. The molecule has 0 unspecified atom stereocenters. The van der Waals surface area contributed by atoms with E-state index in [2.05, 4.69) is 0 Å². The topological polar surface area (TPSA) is 203 Å². The van der Waals surface area contributed by atoms with E-state index < -0.39 is 77.7 Å². The van der Waals surface area contributed by atoms with Crippen molar-refractivity contribution in [3.8, 4) is 17.2 Å². The lowest BCUT2D eigenvalue weighted by Gasteiger charge is -2.40. The van der Waals surface area contributed by atoms with Crippen molar-refractivity contribution < 1.29 is 59.5 Å². The molecule has 0 radical (unpaired) electrons. The van der Waals surface area contributed by atoms with Gasteiger partial charge in [-0.15, -0.1) is 0 Å². The normalized spacial score (nSPS) is 29.3. The molecule has 12 heteroatoms. The van der Waals surface area contributed by atoms with Gasteiger partial charge in [-0.1, -0.05) is 6.08 Å². The molecule has 1 aromatic carbocycles. The number of carboxylic acids is 1. The summed E-state index contributed by atoms with van der Waals surface area (Å²) in [5, 5.41) is 69.8. The van der Waals surface area contributed by atoms with Crippen LogP contribution in [0.2, 0.25) is 0 Å². The maximum Gasteiger partial charge on any atom is 0.335 e. The first-order valence-electron chi connectivity index (χ1n) is 11.0. The summed E-state index contributed by atoms with van der Waals surface area (Å²) in [6.45, 7) is 2.90. The molecule has 1 heterocycles. The van der Waals surface area contributed by atoms with Crippen molar-refractivity contribution in [2.45, 2.75) is 69.4 Å². The first-order valence-corrected chi connectivity index (χ1v) is 11.0. The van der Waals surface area contributed by atoms with Crippen LogP contribution in [0.5, 0.6) is 17.2 Å². The molecule has 0 amide bonds. The number of hydrogen-bond acceptors (Lipinski definition) is 11. The molecule has 35 heavy (non-hydrogen) atoms. The quantitative estimate of drug-likeness (QED) is 0.249. The number of aromatic hydroxyl groups is 2. The molecule has 0 bridgehead atoms. The van der Waals surface area contributed by atoms with Crippen molar-refractivity contribution >= 4 is 11.9 Å². The predicted molar refractivity (Wildman–Crippen MR) is 117 cm³/mol. The van der Waals surface area contributed by atoms with Crippen LogP contribution in [0.3, 0.4) is 0 Å². The van der Waals surface area contributed by atoms with E-state index >= 15 is 0 Å². The van der Waals surface area contributed by atoms with E-state index in [4.69, 9.17) is 19.3 Å². The summed E-state index contributed by atoms with van der Waals surface area (Å²) in [5.74, 6) is -4.24. The van der Waals surface area contributed by atoms with Gasteiger partial charge in [-0.2, -0.15) is 0 Å². The molecule has 0 saturated carbocycles. The summed E-state index contributed by atoms with van der Waals surface area (Å²) in [6.07, 6.45) is -5.18. The fraction of sp³-hybridized carbons (Fsp3) is 0.565. The number of esters is 1. The highest BCUT2D eigenvalue weighted by Crippen LogP contribution is 2.39. The number of rotatable bonds is 7. The Bertz CT molecular complexity index is 958. The number of aliphatic hydroxyl groups is 4. The van der Waals surface area contributed by atoms with Crippen LogP contribution in [-0.2, 0) is 14.3 Å². The zero-order chi connectivity index (χ0) is 26.1. The third kappa shape index (κ3) is 6.03. The molecule has 1 aromatic rings. The van der Waals surface area contributed by atoms with Crippen LogP contribution in [0.25, 0.3) is 0 Å². The van der Waals surface area contributed by atoms with Gasteiger partial charge in [-0.3, -0.25) is 0 Å². The van der Waals surface area contributed by atoms with Crippen molar-refractivity contribution in [2.75, 3.05) is 6.61 Å². The number of carboxylic acid groups (broad SMARTS) is 1. The Balaban J connectivity index is 1.66. The fourth-order valence-electron chi connectivity index (χ4n) is 4.02. The minimum absolute atomic E-state index is 0.00510. The average Bonchev–Trinajstić information content (AvgIpc) is 2.79. The van der Waals surface area contributed by atoms with Crippen LogP contribution in [0.15, 0.2) is 23.8 Å². The summed E-state index contributed by atoms with van der Waals surface area (Å²) in [5.41, 5.74) is -0.907. The van der Waals surface area contributed by atoms with E-state index in [0.29, 0.717) is 24.8 Å². The highest BCUT2D eigenvalue weighted by atomic mass is 16.7. The Morgan fingerprint density at radius 2 is 1.71 bits per heavy atom. The SMILES string of the molecule is CC(C)(O)[C@@H]1CC=C(C(=O)OC[C@@H]2O[C@@H](Oc3c(O)cc(C(=O)O)cc3O)[C@@H](O)[C@@H](O)[C@@H]2O)CC1. The molecule has 3 rings (SSSR count). The largest absolute Gasteiger partial charge is 0.504 e. The molecular weight excluding hydrogens is 468 g/mol. The van der Waals surface area contributed by atoms with Gasteiger partial charge in [-0.05, 0) is 51.2 Å². The Labute approximate surface area is 200 Å². The van der Waals surface area contributed by atoms with Crippen LogP contribution in [0, 0.1) is 5.92 Å². The predicted octanol–water partition coefficient (Wildman–Crippen LogP) is 0.0230. The van der Waals surface area contributed by atoms with Crippen LogP contribution >= 0.6 is 0 Å².